The van der Waals surface area contributed by atoms with E-state index in [1.165, 1.54) is 0 Å². The first-order chi connectivity index (χ1) is 15.9. The van der Waals surface area contributed by atoms with Gasteiger partial charge in [0.05, 0.1) is 33.3 Å². The van der Waals surface area contributed by atoms with Crippen molar-refractivity contribution < 1.29 is 23.8 Å². The second kappa shape index (κ2) is 11.1. The Bertz CT molecular complexity index is 960. The molecule has 2 aromatic rings. The molecular formula is C26H34N2O5. The molecule has 0 saturated carbocycles. The van der Waals surface area contributed by atoms with Gasteiger partial charge in [0.15, 0.2) is 11.5 Å². The number of hydrogen-bond acceptors (Lipinski definition) is 5. The summed E-state index contributed by atoms with van der Waals surface area (Å²) in [5, 5.41) is 0. The maximum Gasteiger partial charge on any atom is 0.227 e. The Morgan fingerprint density at radius 2 is 1.73 bits per heavy atom. The number of carbonyl (C=O) groups excluding carboxylic acids is 2. The van der Waals surface area contributed by atoms with Crippen LogP contribution in [0.2, 0.25) is 0 Å². The number of hydrogen-bond donors (Lipinski definition) is 0. The van der Waals surface area contributed by atoms with E-state index in [-0.39, 0.29) is 17.7 Å². The number of carbonyl (C=O) groups is 2. The van der Waals surface area contributed by atoms with E-state index in [1.807, 2.05) is 49.5 Å². The fourth-order valence-corrected chi connectivity index (χ4v) is 4.41. The highest BCUT2D eigenvalue weighted by Crippen LogP contribution is 2.43. The number of piperidine rings is 1. The van der Waals surface area contributed by atoms with Gasteiger partial charge in [-0.1, -0.05) is 19.4 Å². The molecule has 7 heteroatoms. The van der Waals surface area contributed by atoms with Crippen LogP contribution in [0.4, 0.5) is 5.69 Å². The van der Waals surface area contributed by atoms with Gasteiger partial charge in [0.25, 0.3) is 0 Å². The first-order valence-corrected chi connectivity index (χ1v) is 11.4. The topological polar surface area (TPSA) is 68.3 Å². The number of nitrogens with zero attached hydrogens (tertiary/aromatic N) is 2. The Morgan fingerprint density at radius 3 is 2.33 bits per heavy atom. The van der Waals surface area contributed by atoms with Crippen molar-refractivity contribution in [1.82, 2.24) is 4.90 Å². The van der Waals surface area contributed by atoms with Crippen molar-refractivity contribution in [1.29, 1.82) is 0 Å². The summed E-state index contributed by atoms with van der Waals surface area (Å²) in [5.74, 6) is 1.53. The quantitative estimate of drug-likeness (QED) is 0.560. The lowest BCUT2D eigenvalue weighted by Gasteiger charge is -2.42. The fraction of sp³-hybridized carbons (Fsp3) is 0.462. The van der Waals surface area contributed by atoms with Crippen LogP contribution in [0.15, 0.2) is 42.5 Å². The summed E-state index contributed by atoms with van der Waals surface area (Å²) in [5.41, 5.74) is 1.56. The molecule has 1 fully saturated rings. The average molecular weight is 455 g/mol. The molecule has 0 aliphatic carbocycles. The van der Waals surface area contributed by atoms with E-state index in [0.29, 0.717) is 36.6 Å². The van der Waals surface area contributed by atoms with Gasteiger partial charge >= 0.3 is 0 Å². The van der Waals surface area contributed by atoms with Gasteiger partial charge in [0.1, 0.15) is 5.75 Å². The van der Waals surface area contributed by atoms with Crippen LogP contribution < -0.4 is 19.1 Å². The lowest BCUT2D eigenvalue weighted by molar-refractivity contribution is -0.137. The van der Waals surface area contributed by atoms with Gasteiger partial charge in [-0.25, -0.2) is 0 Å². The third kappa shape index (κ3) is 5.24. The summed E-state index contributed by atoms with van der Waals surface area (Å²) in [6.45, 7) is 2.80. The Kier molecular flexibility index (Phi) is 8.20. The molecule has 0 unspecified atom stereocenters. The lowest BCUT2D eigenvalue weighted by Crippen LogP contribution is -2.48. The summed E-state index contributed by atoms with van der Waals surface area (Å²) < 4.78 is 16.2. The number of ether oxygens (including phenoxy) is 3. The molecule has 1 saturated heterocycles. The molecule has 1 aliphatic heterocycles. The molecule has 0 N–H and O–H groups in total. The third-order valence-corrected chi connectivity index (χ3v) is 6.24. The summed E-state index contributed by atoms with van der Waals surface area (Å²) in [6.07, 6.45) is 2.77. The van der Waals surface area contributed by atoms with Crippen molar-refractivity contribution in [2.24, 2.45) is 5.92 Å². The molecule has 1 heterocycles. The molecule has 0 radical (unpaired) electrons. The van der Waals surface area contributed by atoms with Crippen LogP contribution in [0.3, 0.4) is 0 Å². The maximum atomic E-state index is 13.6. The molecule has 2 atom stereocenters. The Hall–Kier alpha value is -3.22. The van der Waals surface area contributed by atoms with Crippen molar-refractivity contribution in [3.8, 4) is 17.2 Å². The van der Waals surface area contributed by atoms with Gasteiger partial charge in [-0.2, -0.15) is 0 Å². The number of benzene rings is 2. The summed E-state index contributed by atoms with van der Waals surface area (Å²) in [4.78, 5) is 30.3. The van der Waals surface area contributed by atoms with Crippen LogP contribution in [0.1, 0.15) is 44.2 Å². The number of unbranched alkanes of at least 4 members (excludes halogenated alkanes) is 1. The van der Waals surface area contributed by atoms with Crippen molar-refractivity contribution in [3.63, 3.8) is 0 Å². The first-order valence-electron chi connectivity index (χ1n) is 11.4. The Morgan fingerprint density at radius 1 is 1.03 bits per heavy atom. The molecule has 2 aromatic carbocycles. The second-order valence-electron chi connectivity index (χ2n) is 8.28. The smallest absolute Gasteiger partial charge is 0.227 e. The predicted molar refractivity (Wildman–Crippen MR) is 128 cm³/mol. The number of anilines is 1. The highest BCUT2D eigenvalue weighted by Gasteiger charge is 2.42. The van der Waals surface area contributed by atoms with Crippen LogP contribution in [0.5, 0.6) is 17.2 Å². The molecule has 0 aromatic heterocycles. The van der Waals surface area contributed by atoms with Crippen LogP contribution >= 0.6 is 0 Å². The van der Waals surface area contributed by atoms with Crippen LogP contribution in [-0.4, -0.2) is 51.6 Å². The fourth-order valence-electron chi connectivity index (χ4n) is 4.41. The van der Waals surface area contributed by atoms with Crippen molar-refractivity contribution in [2.75, 3.05) is 39.8 Å². The normalized spacial score (nSPS) is 18.1. The predicted octanol–water partition coefficient (Wildman–Crippen LogP) is 4.46. The van der Waals surface area contributed by atoms with Gasteiger partial charge in [-0.05, 0) is 54.8 Å². The Labute approximate surface area is 196 Å². The van der Waals surface area contributed by atoms with Gasteiger partial charge in [0, 0.05) is 25.7 Å². The van der Waals surface area contributed by atoms with Crippen molar-refractivity contribution in [3.05, 3.63) is 48.0 Å². The van der Waals surface area contributed by atoms with E-state index in [9.17, 15) is 9.59 Å². The number of methoxy groups -OCH3 is 3. The van der Waals surface area contributed by atoms with E-state index in [2.05, 4.69) is 6.92 Å². The zero-order chi connectivity index (χ0) is 24.0. The third-order valence-electron chi connectivity index (χ3n) is 6.24. The standard InChI is InChI=1S/C26H34N2O5/c1-6-7-16-27(2)26(30)21-13-15-24(29)28(19-9-11-20(31-3)12-10-19)25(21)18-8-14-22(32-4)23(17-18)33-5/h8-12,14,17,21,25H,6-7,13,15-16H2,1-5H3/t21-,25-/m1/s1. The Balaban J connectivity index is 2.09. The summed E-state index contributed by atoms with van der Waals surface area (Å²) >= 11 is 0. The summed E-state index contributed by atoms with van der Waals surface area (Å²) in [6, 6.07) is 12.5. The average Bonchev–Trinajstić information content (AvgIpc) is 2.86. The molecule has 2 amide bonds. The van der Waals surface area contributed by atoms with E-state index >= 15 is 0 Å². The van der Waals surface area contributed by atoms with Gasteiger partial charge in [-0.3, -0.25) is 9.59 Å². The van der Waals surface area contributed by atoms with Crippen LogP contribution in [0.25, 0.3) is 0 Å². The summed E-state index contributed by atoms with van der Waals surface area (Å²) in [7, 11) is 6.61. The van der Waals surface area contributed by atoms with E-state index in [1.54, 1.807) is 31.1 Å². The van der Waals surface area contributed by atoms with Gasteiger partial charge in [0.2, 0.25) is 11.8 Å². The highest BCUT2D eigenvalue weighted by molar-refractivity contribution is 5.97. The minimum atomic E-state index is -0.462. The molecule has 0 spiro atoms. The molecule has 3 rings (SSSR count). The highest BCUT2D eigenvalue weighted by atomic mass is 16.5. The number of rotatable bonds is 9. The van der Waals surface area contributed by atoms with E-state index in [0.717, 1.165) is 24.1 Å². The van der Waals surface area contributed by atoms with Crippen LogP contribution in [-0.2, 0) is 9.59 Å². The minimum Gasteiger partial charge on any atom is -0.497 e. The number of amides is 2. The molecule has 1 aliphatic rings. The molecule has 178 valence electrons. The zero-order valence-corrected chi connectivity index (χ0v) is 20.2. The molecule has 7 nitrogen and oxygen atoms in total. The SMILES string of the molecule is CCCCN(C)C(=O)[C@@H]1CCC(=O)N(c2ccc(OC)cc2)[C@@H]1c1ccc(OC)c(OC)c1. The zero-order valence-electron chi connectivity index (χ0n) is 20.2. The maximum absolute atomic E-state index is 13.6. The largest absolute Gasteiger partial charge is 0.497 e. The van der Waals surface area contributed by atoms with Gasteiger partial charge < -0.3 is 24.0 Å². The molecular weight excluding hydrogens is 420 g/mol. The second-order valence-corrected chi connectivity index (χ2v) is 8.28. The van der Waals surface area contributed by atoms with Crippen LogP contribution in [0, 0.1) is 5.92 Å². The molecule has 0 bridgehead atoms. The van der Waals surface area contributed by atoms with E-state index < -0.39 is 6.04 Å². The monoisotopic (exact) mass is 454 g/mol. The van der Waals surface area contributed by atoms with Crippen molar-refractivity contribution in [2.45, 2.75) is 38.6 Å². The molecule has 33 heavy (non-hydrogen) atoms. The first kappa shape index (κ1) is 24.4. The van der Waals surface area contributed by atoms with Gasteiger partial charge in [-0.15, -0.1) is 0 Å². The minimum absolute atomic E-state index is 0.0137. The van der Waals surface area contributed by atoms with Crippen molar-refractivity contribution >= 4 is 17.5 Å². The van der Waals surface area contributed by atoms with E-state index in [4.69, 9.17) is 14.2 Å². The lowest BCUT2D eigenvalue weighted by atomic mass is 9.82.